The first-order chi connectivity index (χ1) is 12.0. The molecule has 3 rings (SSSR count). The van der Waals surface area contributed by atoms with Crippen LogP contribution in [0.4, 0.5) is 4.79 Å². The van der Waals surface area contributed by atoms with Crippen molar-refractivity contribution in [3.63, 3.8) is 0 Å². The van der Waals surface area contributed by atoms with E-state index < -0.39 is 23.8 Å². The quantitative estimate of drug-likeness (QED) is 0.474. The van der Waals surface area contributed by atoms with Gasteiger partial charge in [0.1, 0.15) is 0 Å². The van der Waals surface area contributed by atoms with Gasteiger partial charge in [0, 0.05) is 6.04 Å². The number of benzene rings is 1. The van der Waals surface area contributed by atoms with Gasteiger partial charge in [-0.3, -0.25) is 19.4 Å². The van der Waals surface area contributed by atoms with Crippen molar-refractivity contribution >= 4 is 23.8 Å². The molecule has 7 nitrogen and oxygen atoms in total. The van der Waals surface area contributed by atoms with Gasteiger partial charge in [-0.25, -0.2) is 9.59 Å². The molecule has 2 aliphatic rings. The highest BCUT2D eigenvalue weighted by atomic mass is 16.5. The molecule has 4 amide bonds. The normalized spacial score (nSPS) is 18.8. The molecule has 0 bridgehead atoms. The van der Waals surface area contributed by atoms with Gasteiger partial charge in [-0.1, -0.05) is 37.5 Å². The topological polar surface area (TPSA) is 84.0 Å². The molecule has 25 heavy (non-hydrogen) atoms. The van der Waals surface area contributed by atoms with Crippen molar-refractivity contribution in [2.45, 2.75) is 44.7 Å². The fourth-order valence-electron chi connectivity index (χ4n) is 3.46. The Morgan fingerprint density at radius 2 is 1.76 bits per heavy atom. The average Bonchev–Trinajstić information content (AvgIpc) is 2.85. The molecule has 1 aromatic carbocycles. The summed E-state index contributed by atoms with van der Waals surface area (Å²) in [6.45, 7) is -0.127. The van der Waals surface area contributed by atoms with Crippen LogP contribution in [0, 0.1) is 0 Å². The van der Waals surface area contributed by atoms with E-state index in [0.717, 1.165) is 41.9 Å². The van der Waals surface area contributed by atoms with Gasteiger partial charge in [-0.15, -0.1) is 0 Å². The molecule has 0 radical (unpaired) electrons. The second kappa shape index (κ2) is 7.04. The van der Waals surface area contributed by atoms with Gasteiger partial charge >= 0.3 is 23.8 Å². The van der Waals surface area contributed by atoms with E-state index in [-0.39, 0.29) is 18.2 Å². The zero-order valence-electron chi connectivity index (χ0n) is 14.1. The number of carbonyl (C=O) groups excluding carboxylic acids is 4. The van der Waals surface area contributed by atoms with E-state index in [9.17, 15) is 19.2 Å². The monoisotopic (exact) mass is 344 g/mol. The molecule has 1 aliphatic carbocycles. The van der Waals surface area contributed by atoms with Gasteiger partial charge in [-0.05, 0) is 24.5 Å². The summed E-state index contributed by atoms with van der Waals surface area (Å²) in [4.78, 5) is 51.2. The van der Waals surface area contributed by atoms with Crippen LogP contribution in [0.2, 0.25) is 0 Å². The number of urea groups is 1. The molecule has 1 heterocycles. The highest BCUT2D eigenvalue weighted by Crippen LogP contribution is 2.28. The summed E-state index contributed by atoms with van der Waals surface area (Å²) in [7, 11) is 1.26. The van der Waals surface area contributed by atoms with Gasteiger partial charge in [0.05, 0.1) is 19.2 Å². The van der Waals surface area contributed by atoms with Gasteiger partial charge in [0.2, 0.25) is 0 Å². The second-order valence-corrected chi connectivity index (χ2v) is 6.29. The van der Waals surface area contributed by atoms with Crippen LogP contribution in [0.5, 0.6) is 0 Å². The first-order valence-electron chi connectivity index (χ1n) is 8.40. The van der Waals surface area contributed by atoms with Crippen molar-refractivity contribution in [3.8, 4) is 0 Å². The second-order valence-electron chi connectivity index (χ2n) is 6.29. The SMILES string of the molecule is COC(=O)c1ccccc1CN1C(=O)C(=O)N(C2CCCCC2)C1=O. The Morgan fingerprint density at radius 1 is 1.08 bits per heavy atom. The third-order valence-corrected chi connectivity index (χ3v) is 4.77. The minimum absolute atomic E-state index is 0.127. The fourth-order valence-corrected chi connectivity index (χ4v) is 3.46. The number of hydrogen-bond donors (Lipinski definition) is 0. The summed E-state index contributed by atoms with van der Waals surface area (Å²) in [5.41, 5.74) is 0.739. The van der Waals surface area contributed by atoms with Crippen molar-refractivity contribution in [3.05, 3.63) is 35.4 Å². The largest absolute Gasteiger partial charge is 0.465 e. The maximum Gasteiger partial charge on any atom is 0.338 e. The Balaban J connectivity index is 1.84. The van der Waals surface area contributed by atoms with E-state index in [1.54, 1.807) is 24.3 Å². The predicted octanol–water partition coefficient (Wildman–Crippen LogP) is 2.10. The minimum atomic E-state index is -0.838. The number of ether oxygens (including phenoxy) is 1. The van der Waals surface area contributed by atoms with E-state index >= 15 is 0 Å². The molecular weight excluding hydrogens is 324 g/mol. The molecule has 0 unspecified atom stereocenters. The summed E-state index contributed by atoms with van der Waals surface area (Å²) in [6, 6.07) is 5.77. The zero-order chi connectivity index (χ0) is 18.0. The zero-order valence-corrected chi connectivity index (χ0v) is 14.1. The van der Waals surface area contributed by atoms with E-state index in [1.165, 1.54) is 7.11 Å². The first kappa shape index (κ1) is 17.1. The summed E-state index contributed by atoms with van der Waals surface area (Å²) in [5.74, 6) is -2.16. The van der Waals surface area contributed by atoms with E-state index in [4.69, 9.17) is 4.74 Å². The number of methoxy groups -OCH3 is 1. The summed E-state index contributed by atoms with van der Waals surface area (Å²) in [5, 5.41) is 0. The molecule has 0 aromatic heterocycles. The van der Waals surface area contributed by atoms with Crippen LogP contribution < -0.4 is 0 Å². The number of hydrogen-bond acceptors (Lipinski definition) is 5. The molecule has 1 saturated heterocycles. The average molecular weight is 344 g/mol. The van der Waals surface area contributed by atoms with Crippen LogP contribution in [0.1, 0.15) is 48.0 Å². The van der Waals surface area contributed by atoms with Crippen LogP contribution >= 0.6 is 0 Å². The van der Waals surface area contributed by atoms with Gasteiger partial charge in [0.25, 0.3) is 0 Å². The molecule has 0 spiro atoms. The highest BCUT2D eigenvalue weighted by molar-refractivity contribution is 6.44. The molecule has 7 heteroatoms. The van der Waals surface area contributed by atoms with Gasteiger partial charge in [-0.2, -0.15) is 0 Å². The fraction of sp³-hybridized carbons (Fsp3) is 0.444. The number of carbonyl (C=O) groups is 4. The molecule has 1 aliphatic heterocycles. The summed E-state index contributed by atoms with van der Waals surface area (Å²) < 4.78 is 4.73. The van der Waals surface area contributed by atoms with Crippen molar-refractivity contribution < 1.29 is 23.9 Å². The number of esters is 1. The molecule has 1 aromatic rings. The van der Waals surface area contributed by atoms with Crippen LogP contribution in [-0.4, -0.2) is 46.8 Å². The molecule has 1 saturated carbocycles. The van der Waals surface area contributed by atoms with Crippen molar-refractivity contribution in [1.29, 1.82) is 0 Å². The Labute approximate surface area is 145 Å². The lowest BCUT2D eigenvalue weighted by Gasteiger charge is -2.28. The summed E-state index contributed by atoms with van der Waals surface area (Å²) in [6.07, 6.45) is 4.44. The van der Waals surface area contributed by atoms with Gasteiger partial charge in [0.15, 0.2) is 0 Å². The summed E-state index contributed by atoms with van der Waals surface area (Å²) >= 11 is 0. The van der Waals surface area contributed by atoms with Crippen LogP contribution in [0.15, 0.2) is 24.3 Å². The Hall–Kier alpha value is -2.70. The number of amides is 4. The highest BCUT2D eigenvalue weighted by Gasteiger charge is 2.47. The smallest absolute Gasteiger partial charge is 0.338 e. The van der Waals surface area contributed by atoms with Crippen LogP contribution in [0.3, 0.4) is 0 Å². The third-order valence-electron chi connectivity index (χ3n) is 4.77. The van der Waals surface area contributed by atoms with E-state index in [2.05, 4.69) is 0 Å². The number of rotatable bonds is 4. The van der Waals surface area contributed by atoms with Crippen LogP contribution in [0.25, 0.3) is 0 Å². The molecule has 132 valence electrons. The lowest BCUT2D eigenvalue weighted by Crippen LogP contribution is -2.42. The maximum atomic E-state index is 12.7. The molecule has 0 N–H and O–H groups in total. The van der Waals surface area contributed by atoms with Crippen molar-refractivity contribution in [2.24, 2.45) is 0 Å². The Bertz CT molecular complexity index is 724. The first-order valence-corrected chi connectivity index (χ1v) is 8.40. The molecular formula is C18H20N2O5. The molecule has 0 atom stereocenters. The van der Waals surface area contributed by atoms with E-state index in [1.807, 2.05) is 0 Å². The van der Waals surface area contributed by atoms with Crippen molar-refractivity contribution in [1.82, 2.24) is 9.80 Å². The number of nitrogens with zero attached hydrogens (tertiary/aromatic N) is 2. The maximum absolute atomic E-state index is 12.7. The lowest BCUT2D eigenvalue weighted by molar-refractivity contribution is -0.144. The standard InChI is InChI=1S/C18H20N2O5/c1-25-17(23)14-10-6-5-7-12(14)11-19-15(21)16(22)20(18(19)24)13-8-3-2-4-9-13/h5-7,10,13H,2-4,8-9,11H2,1H3. The van der Waals surface area contributed by atoms with Crippen molar-refractivity contribution in [2.75, 3.05) is 7.11 Å². The van der Waals surface area contributed by atoms with Crippen LogP contribution in [-0.2, 0) is 20.9 Å². The lowest BCUT2D eigenvalue weighted by atomic mass is 9.94. The van der Waals surface area contributed by atoms with Gasteiger partial charge < -0.3 is 4.74 Å². The Morgan fingerprint density at radius 3 is 2.44 bits per heavy atom. The minimum Gasteiger partial charge on any atom is -0.465 e. The Kier molecular flexibility index (Phi) is 4.83. The van der Waals surface area contributed by atoms with E-state index in [0.29, 0.717) is 5.56 Å². The molecule has 2 fully saturated rings. The number of imide groups is 2. The third kappa shape index (κ3) is 3.14. The predicted molar refractivity (Wildman–Crippen MR) is 87.4 cm³/mol.